The van der Waals surface area contributed by atoms with E-state index in [2.05, 4.69) is 15.1 Å². The summed E-state index contributed by atoms with van der Waals surface area (Å²) in [5.74, 6) is -1.14. The molecule has 0 spiro atoms. The number of amides is 1. The first-order valence-electron chi connectivity index (χ1n) is 12.3. The maximum atomic E-state index is 13.9. The Morgan fingerprint density at radius 1 is 1.11 bits per heavy atom. The fourth-order valence-corrected chi connectivity index (χ4v) is 7.02. The summed E-state index contributed by atoms with van der Waals surface area (Å²) in [5.41, 5.74) is 7.53. The predicted octanol–water partition coefficient (Wildman–Crippen LogP) is 5.16. The number of aryl methyl sites for hydroxylation is 1. The van der Waals surface area contributed by atoms with E-state index in [4.69, 9.17) is 17.3 Å². The molecule has 12 heteroatoms. The van der Waals surface area contributed by atoms with Crippen molar-refractivity contribution in [3.8, 4) is 0 Å². The third kappa shape index (κ3) is 5.32. The van der Waals surface area contributed by atoms with Crippen LogP contribution >= 0.6 is 11.6 Å². The fourth-order valence-electron chi connectivity index (χ4n) is 5.87. The van der Waals surface area contributed by atoms with E-state index in [1.807, 2.05) is 0 Å². The number of anilines is 2. The number of rotatable bonds is 7. The van der Waals surface area contributed by atoms with Crippen molar-refractivity contribution >= 4 is 40.0 Å². The van der Waals surface area contributed by atoms with Crippen LogP contribution in [0.5, 0.6) is 0 Å². The molecule has 0 aliphatic heterocycles. The Kier molecular flexibility index (Phi) is 7.52. The molecule has 7 nitrogen and oxygen atoms in total. The molecule has 3 unspecified atom stereocenters. The summed E-state index contributed by atoms with van der Waals surface area (Å²) < 4.78 is 57.4. The zero-order valence-corrected chi connectivity index (χ0v) is 22.1. The van der Waals surface area contributed by atoms with E-state index < -0.39 is 34.3 Å². The first-order valence-corrected chi connectivity index (χ1v) is 13.8. The maximum Gasteiger partial charge on any atom is 0.261 e. The lowest BCUT2D eigenvalue weighted by atomic mass is 9.93. The normalized spacial score (nSPS) is 23.4. The maximum absolute atomic E-state index is 13.9. The minimum atomic E-state index is -1.76. The highest BCUT2D eigenvalue weighted by molar-refractivity contribution is 7.83. The first kappa shape index (κ1) is 26.7. The Labute approximate surface area is 225 Å². The van der Waals surface area contributed by atoms with Gasteiger partial charge in [0.25, 0.3) is 5.91 Å². The minimum Gasteiger partial charge on any atom is -0.383 e. The number of nitrogens with two attached hydrogens (primary N) is 1. The van der Waals surface area contributed by atoms with Gasteiger partial charge in [-0.3, -0.25) is 9.48 Å². The number of halogens is 4. The van der Waals surface area contributed by atoms with Crippen LogP contribution in [0.3, 0.4) is 0 Å². The molecule has 1 aromatic heterocycles. The molecule has 0 radical (unpaired) electrons. The van der Waals surface area contributed by atoms with E-state index in [1.165, 1.54) is 28.9 Å². The monoisotopic (exact) mass is 565 g/mol. The van der Waals surface area contributed by atoms with E-state index in [0.29, 0.717) is 35.3 Å². The van der Waals surface area contributed by atoms with Gasteiger partial charge < -0.3 is 11.1 Å². The SMILES string of the molecule is Cn1nc(C2CC3CC(CNS(=O)c4ccc(F)cc4F)CC3C2)c(C(=O)Nc2ccc(F)c(Cl)c2)c1N. The van der Waals surface area contributed by atoms with E-state index in [-0.39, 0.29) is 27.6 Å². The van der Waals surface area contributed by atoms with Gasteiger partial charge in [-0.25, -0.2) is 22.1 Å². The van der Waals surface area contributed by atoms with E-state index in [1.54, 1.807) is 7.05 Å². The third-order valence-electron chi connectivity index (χ3n) is 7.62. The molecule has 2 aliphatic carbocycles. The summed E-state index contributed by atoms with van der Waals surface area (Å²) in [6.45, 7) is 0.464. The van der Waals surface area contributed by atoms with Crippen LogP contribution in [-0.2, 0) is 18.0 Å². The van der Waals surface area contributed by atoms with Crippen molar-refractivity contribution < 1.29 is 22.2 Å². The van der Waals surface area contributed by atoms with Crippen LogP contribution in [0.4, 0.5) is 24.7 Å². The average molecular weight is 566 g/mol. The van der Waals surface area contributed by atoms with E-state index >= 15 is 0 Å². The van der Waals surface area contributed by atoms with Crippen molar-refractivity contribution in [2.75, 3.05) is 17.6 Å². The molecule has 2 saturated carbocycles. The standard InChI is InChI=1S/C26H27ClF3N5O2S/c1-35-25(31)23(26(36)33-18-3-4-20(29)19(27)11-18)24(34-35)16-8-14-6-13(7-15(14)9-16)12-32-38(37)22-5-2-17(28)10-21(22)30/h2-5,10-11,13-16,32H,6-9,12,31H2,1H3,(H,33,36). The van der Waals surface area contributed by atoms with Crippen molar-refractivity contribution in [1.82, 2.24) is 14.5 Å². The molecule has 202 valence electrons. The first-order chi connectivity index (χ1) is 18.1. The third-order valence-corrected chi connectivity index (χ3v) is 9.07. The summed E-state index contributed by atoms with van der Waals surface area (Å²) >= 11 is 5.84. The van der Waals surface area contributed by atoms with Crippen LogP contribution in [-0.4, -0.2) is 26.4 Å². The average Bonchev–Trinajstić information content (AvgIpc) is 3.51. The summed E-state index contributed by atoms with van der Waals surface area (Å²) in [6.07, 6.45) is 3.51. The quantitative estimate of drug-likeness (QED) is 0.368. The van der Waals surface area contributed by atoms with Gasteiger partial charge in [-0.1, -0.05) is 11.6 Å². The molecule has 1 amide bonds. The number of nitrogen functional groups attached to an aromatic ring is 1. The summed E-state index contributed by atoms with van der Waals surface area (Å²) in [4.78, 5) is 13.1. The number of carbonyl (C=O) groups excluding carboxylic acids is 1. The summed E-state index contributed by atoms with van der Waals surface area (Å²) in [6, 6.07) is 6.96. The largest absolute Gasteiger partial charge is 0.383 e. The van der Waals surface area contributed by atoms with Crippen LogP contribution in [0.25, 0.3) is 0 Å². The number of nitrogens with one attached hydrogen (secondary N) is 2. The molecule has 3 aromatic rings. The second-order valence-electron chi connectivity index (χ2n) is 10.1. The zero-order chi connectivity index (χ0) is 27.1. The topological polar surface area (TPSA) is 102 Å². The second kappa shape index (κ2) is 10.7. The van der Waals surface area contributed by atoms with E-state index in [9.17, 15) is 22.2 Å². The van der Waals surface area contributed by atoms with Crippen molar-refractivity contribution in [1.29, 1.82) is 0 Å². The molecule has 4 N–H and O–H groups in total. The lowest BCUT2D eigenvalue weighted by molar-refractivity contribution is 0.102. The van der Waals surface area contributed by atoms with Gasteiger partial charge >= 0.3 is 0 Å². The number of benzene rings is 2. The number of fused-ring (bicyclic) bond motifs is 1. The number of aromatic nitrogens is 2. The fraction of sp³-hybridized carbons (Fsp3) is 0.385. The van der Waals surface area contributed by atoms with Crippen LogP contribution in [0.15, 0.2) is 41.3 Å². The van der Waals surface area contributed by atoms with Gasteiger partial charge in [0.1, 0.15) is 39.8 Å². The Morgan fingerprint density at radius 2 is 1.82 bits per heavy atom. The van der Waals surface area contributed by atoms with Gasteiger partial charge in [0, 0.05) is 31.3 Å². The Balaban J connectivity index is 1.21. The molecule has 3 atom stereocenters. The smallest absolute Gasteiger partial charge is 0.261 e. The molecule has 0 saturated heterocycles. The van der Waals surface area contributed by atoms with Crippen LogP contribution in [0.2, 0.25) is 5.02 Å². The van der Waals surface area contributed by atoms with Gasteiger partial charge in [0.2, 0.25) is 0 Å². The van der Waals surface area contributed by atoms with Crippen molar-refractivity contribution in [2.45, 2.75) is 36.5 Å². The summed E-state index contributed by atoms with van der Waals surface area (Å²) in [7, 11) is -0.0759. The van der Waals surface area contributed by atoms with Gasteiger partial charge in [-0.15, -0.1) is 0 Å². The highest BCUT2D eigenvalue weighted by Gasteiger charge is 2.44. The lowest BCUT2D eigenvalue weighted by Gasteiger charge is -2.15. The number of nitrogens with zero attached hydrogens (tertiary/aromatic N) is 2. The van der Waals surface area contributed by atoms with Crippen molar-refractivity contribution in [3.05, 3.63) is 70.1 Å². The highest BCUT2D eigenvalue weighted by Crippen LogP contribution is 2.53. The van der Waals surface area contributed by atoms with Gasteiger partial charge in [-0.2, -0.15) is 5.10 Å². The predicted molar refractivity (Wildman–Crippen MR) is 139 cm³/mol. The number of hydrogen-bond donors (Lipinski definition) is 3. The minimum absolute atomic E-state index is 0.0578. The molecule has 5 rings (SSSR count). The molecule has 2 fully saturated rings. The Hall–Kier alpha value is -2.89. The molecular weight excluding hydrogens is 539 g/mol. The van der Waals surface area contributed by atoms with Gasteiger partial charge in [0.05, 0.1) is 15.6 Å². The lowest BCUT2D eigenvalue weighted by Crippen LogP contribution is -2.25. The number of hydrogen-bond acceptors (Lipinski definition) is 4. The molecule has 38 heavy (non-hydrogen) atoms. The van der Waals surface area contributed by atoms with E-state index in [0.717, 1.165) is 37.8 Å². The van der Waals surface area contributed by atoms with Gasteiger partial charge in [0.15, 0.2) is 0 Å². The summed E-state index contributed by atoms with van der Waals surface area (Å²) in [5, 5.41) is 7.22. The van der Waals surface area contributed by atoms with Crippen LogP contribution < -0.4 is 15.8 Å². The van der Waals surface area contributed by atoms with Crippen LogP contribution in [0, 0.1) is 35.2 Å². The van der Waals surface area contributed by atoms with Crippen LogP contribution in [0.1, 0.15) is 47.7 Å². The molecular formula is C26H27ClF3N5O2S. The van der Waals surface area contributed by atoms with Crippen molar-refractivity contribution in [3.63, 3.8) is 0 Å². The zero-order valence-electron chi connectivity index (χ0n) is 20.5. The Morgan fingerprint density at radius 3 is 2.47 bits per heavy atom. The molecule has 2 aliphatic rings. The molecule has 0 bridgehead atoms. The highest BCUT2D eigenvalue weighted by atomic mass is 35.5. The second-order valence-corrected chi connectivity index (χ2v) is 11.7. The van der Waals surface area contributed by atoms with Crippen molar-refractivity contribution in [2.24, 2.45) is 24.8 Å². The molecule has 1 heterocycles. The van der Waals surface area contributed by atoms with Gasteiger partial charge in [-0.05, 0) is 73.8 Å². The molecule has 2 aromatic carbocycles. The number of carbonyl (C=O) groups is 1. The Bertz CT molecular complexity index is 1400.